The Kier molecular flexibility index (Phi) is 3.03. The monoisotopic (exact) mass is 254 g/mol. The van der Waals surface area contributed by atoms with E-state index in [0.29, 0.717) is 10.6 Å². The largest absolute Gasteiger partial charge is 0.492 e. The quantitative estimate of drug-likeness (QED) is 0.563. The fourth-order valence-corrected chi connectivity index (χ4v) is 2.10. The van der Waals surface area contributed by atoms with Gasteiger partial charge in [-0.15, -0.1) is 11.3 Å². The number of benzene rings is 1. The maximum atomic E-state index is 13.0. The van der Waals surface area contributed by atoms with E-state index in [2.05, 4.69) is 4.98 Å². The molecule has 88 valence electrons. The van der Waals surface area contributed by atoms with E-state index in [9.17, 15) is 14.3 Å². The van der Waals surface area contributed by atoms with Crippen molar-refractivity contribution < 1.29 is 19.5 Å². The number of aromatic nitrogens is 1. The Labute approximate surface area is 99.1 Å². The van der Waals surface area contributed by atoms with Crippen molar-refractivity contribution in [2.24, 2.45) is 0 Å². The van der Waals surface area contributed by atoms with Gasteiger partial charge in [0.25, 0.3) is 5.91 Å². The lowest BCUT2D eigenvalue weighted by Crippen LogP contribution is -2.17. The summed E-state index contributed by atoms with van der Waals surface area (Å²) in [6, 6.07) is 5.61. The molecule has 0 bridgehead atoms. The van der Waals surface area contributed by atoms with Gasteiger partial charge in [-0.25, -0.2) is 14.9 Å². The normalized spacial score (nSPS) is 10.2. The number of hydroxylamine groups is 1. The zero-order chi connectivity index (χ0) is 12.4. The van der Waals surface area contributed by atoms with Gasteiger partial charge in [-0.05, 0) is 12.1 Å². The van der Waals surface area contributed by atoms with E-state index in [1.165, 1.54) is 23.7 Å². The highest BCUT2D eigenvalue weighted by molar-refractivity contribution is 7.17. The average molecular weight is 254 g/mol. The van der Waals surface area contributed by atoms with Crippen LogP contribution in [-0.4, -0.2) is 21.2 Å². The summed E-state index contributed by atoms with van der Waals surface area (Å²) < 4.78 is 13.0. The van der Waals surface area contributed by atoms with Crippen LogP contribution in [0.2, 0.25) is 0 Å². The van der Waals surface area contributed by atoms with Crippen LogP contribution in [0.4, 0.5) is 4.39 Å². The molecule has 0 radical (unpaired) electrons. The zero-order valence-corrected chi connectivity index (χ0v) is 9.16. The second-order valence-electron chi connectivity index (χ2n) is 3.12. The number of halogens is 1. The van der Waals surface area contributed by atoms with E-state index in [1.807, 2.05) is 0 Å². The molecule has 3 N–H and O–H groups in total. The van der Waals surface area contributed by atoms with Crippen molar-refractivity contribution in [3.63, 3.8) is 0 Å². The second-order valence-corrected chi connectivity index (χ2v) is 4.12. The molecule has 2 aromatic rings. The van der Waals surface area contributed by atoms with E-state index in [0.717, 1.165) is 11.3 Å². The van der Waals surface area contributed by atoms with Crippen molar-refractivity contribution in [3.8, 4) is 16.5 Å². The third-order valence-electron chi connectivity index (χ3n) is 1.99. The van der Waals surface area contributed by atoms with Gasteiger partial charge in [0.1, 0.15) is 10.8 Å². The number of aromatic hydroxyl groups is 1. The van der Waals surface area contributed by atoms with Gasteiger partial charge in [0.2, 0.25) is 5.88 Å². The summed E-state index contributed by atoms with van der Waals surface area (Å²) in [5, 5.41) is 18.1. The van der Waals surface area contributed by atoms with Gasteiger partial charge in [-0.1, -0.05) is 12.1 Å². The number of nitrogens with one attached hydrogen (secondary N) is 1. The van der Waals surface area contributed by atoms with Gasteiger partial charge in [0.15, 0.2) is 4.88 Å². The van der Waals surface area contributed by atoms with Crippen LogP contribution in [0.3, 0.4) is 0 Å². The first kappa shape index (κ1) is 11.5. The fourth-order valence-electron chi connectivity index (χ4n) is 1.26. The minimum Gasteiger partial charge on any atom is -0.492 e. The maximum Gasteiger partial charge on any atom is 0.290 e. The zero-order valence-electron chi connectivity index (χ0n) is 8.35. The summed E-state index contributed by atoms with van der Waals surface area (Å²) in [5.74, 6) is -1.80. The van der Waals surface area contributed by atoms with Crippen LogP contribution in [0.1, 0.15) is 9.67 Å². The van der Waals surface area contributed by atoms with Crippen LogP contribution in [0.15, 0.2) is 24.3 Å². The van der Waals surface area contributed by atoms with Crippen LogP contribution in [0.5, 0.6) is 5.88 Å². The molecule has 1 amide bonds. The highest BCUT2D eigenvalue weighted by atomic mass is 32.1. The SMILES string of the molecule is O=C(NO)c1sc(-c2cccc(F)c2)nc1O. The van der Waals surface area contributed by atoms with E-state index < -0.39 is 17.6 Å². The molecule has 2 rings (SSSR count). The van der Waals surface area contributed by atoms with Crippen LogP contribution in [0.25, 0.3) is 10.6 Å². The number of rotatable bonds is 2. The molecule has 1 heterocycles. The minimum absolute atomic E-state index is 0.133. The Morgan fingerprint density at radius 3 is 2.88 bits per heavy atom. The molecule has 0 atom stereocenters. The van der Waals surface area contributed by atoms with Crippen molar-refractivity contribution in [1.29, 1.82) is 0 Å². The Hall–Kier alpha value is -1.99. The highest BCUT2D eigenvalue weighted by Gasteiger charge is 2.18. The first-order valence-electron chi connectivity index (χ1n) is 4.52. The van der Waals surface area contributed by atoms with E-state index >= 15 is 0 Å². The molecule has 0 aliphatic rings. The standard InChI is InChI=1S/C10H7FN2O3S/c11-6-3-1-2-5(4-6)10-12-8(14)7(17-10)9(15)13-16/h1-4,14,16H,(H,13,15). The number of amides is 1. The number of carbonyl (C=O) groups is 1. The summed E-state index contributed by atoms with van der Waals surface area (Å²) in [6.45, 7) is 0. The molecule has 7 heteroatoms. The number of carbonyl (C=O) groups excluding carboxylic acids is 1. The third kappa shape index (κ3) is 2.24. The molecule has 0 fully saturated rings. The molecule has 1 aromatic carbocycles. The predicted octanol–water partition coefficient (Wildman–Crippen LogP) is 1.77. The lowest BCUT2D eigenvalue weighted by atomic mass is 10.2. The number of hydrogen-bond acceptors (Lipinski definition) is 5. The smallest absolute Gasteiger partial charge is 0.290 e. The molecule has 17 heavy (non-hydrogen) atoms. The van der Waals surface area contributed by atoms with Gasteiger partial charge in [0.05, 0.1) is 0 Å². The van der Waals surface area contributed by atoms with Gasteiger partial charge in [0, 0.05) is 5.56 Å². The third-order valence-corrected chi connectivity index (χ3v) is 3.08. The number of hydrogen-bond donors (Lipinski definition) is 3. The first-order chi connectivity index (χ1) is 8.11. The van der Waals surface area contributed by atoms with Crippen molar-refractivity contribution in [2.75, 3.05) is 0 Å². The summed E-state index contributed by atoms with van der Waals surface area (Å²) >= 11 is 0.854. The van der Waals surface area contributed by atoms with E-state index in [4.69, 9.17) is 5.21 Å². The number of nitrogens with zero attached hydrogens (tertiary/aromatic N) is 1. The molecule has 0 saturated heterocycles. The van der Waals surface area contributed by atoms with Crippen molar-refractivity contribution in [2.45, 2.75) is 0 Å². The van der Waals surface area contributed by atoms with Gasteiger partial charge >= 0.3 is 0 Å². The molecule has 0 aliphatic carbocycles. The van der Waals surface area contributed by atoms with Crippen LogP contribution < -0.4 is 5.48 Å². The summed E-state index contributed by atoms with van der Waals surface area (Å²) in [6.07, 6.45) is 0. The Bertz CT molecular complexity index is 570. The molecule has 1 aromatic heterocycles. The lowest BCUT2D eigenvalue weighted by molar-refractivity contribution is 0.0708. The minimum atomic E-state index is -0.859. The molecule has 5 nitrogen and oxygen atoms in total. The Morgan fingerprint density at radius 2 is 2.24 bits per heavy atom. The first-order valence-corrected chi connectivity index (χ1v) is 5.33. The van der Waals surface area contributed by atoms with Gasteiger partial charge < -0.3 is 5.11 Å². The average Bonchev–Trinajstić information content (AvgIpc) is 2.70. The van der Waals surface area contributed by atoms with Crippen LogP contribution in [0, 0.1) is 5.82 Å². The highest BCUT2D eigenvalue weighted by Crippen LogP contribution is 2.31. The van der Waals surface area contributed by atoms with Gasteiger partial charge in [-0.3, -0.25) is 10.0 Å². The topological polar surface area (TPSA) is 82.5 Å². The second kappa shape index (κ2) is 4.48. The van der Waals surface area contributed by atoms with Crippen molar-refractivity contribution >= 4 is 17.2 Å². The summed E-state index contributed by atoms with van der Waals surface area (Å²) in [4.78, 5) is 14.7. The summed E-state index contributed by atoms with van der Waals surface area (Å²) in [7, 11) is 0. The maximum absolute atomic E-state index is 13.0. The van der Waals surface area contributed by atoms with Crippen LogP contribution >= 0.6 is 11.3 Å². The van der Waals surface area contributed by atoms with Crippen molar-refractivity contribution in [3.05, 3.63) is 35.0 Å². The lowest BCUT2D eigenvalue weighted by Gasteiger charge is -1.94. The molecule has 0 unspecified atom stereocenters. The molecule has 0 saturated carbocycles. The summed E-state index contributed by atoms with van der Waals surface area (Å²) in [5.41, 5.74) is 1.84. The molecule has 0 aliphatic heterocycles. The van der Waals surface area contributed by atoms with Crippen molar-refractivity contribution in [1.82, 2.24) is 10.5 Å². The van der Waals surface area contributed by atoms with Gasteiger partial charge in [-0.2, -0.15) is 0 Å². The van der Waals surface area contributed by atoms with E-state index in [-0.39, 0.29) is 4.88 Å². The Morgan fingerprint density at radius 1 is 1.47 bits per heavy atom. The van der Waals surface area contributed by atoms with Crippen LogP contribution in [-0.2, 0) is 0 Å². The van der Waals surface area contributed by atoms with E-state index in [1.54, 1.807) is 6.07 Å². The number of thiazole rings is 1. The molecular formula is C10H7FN2O3S. The predicted molar refractivity (Wildman–Crippen MR) is 58.4 cm³/mol. The fraction of sp³-hybridized carbons (Fsp3) is 0. The molecule has 0 spiro atoms. The Balaban J connectivity index is 2.44. The molecular weight excluding hydrogens is 247 g/mol.